The molecule has 1 aromatic heterocycles. The Hall–Kier alpha value is -4.45. The highest BCUT2D eigenvalue weighted by atomic mass is 35.5. The van der Waals surface area contributed by atoms with Crippen molar-refractivity contribution in [2.75, 3.05) is 6.61 Å². The van der Waals surface area contributed by atoms with Gasteiger partial charge in [-0.3, -0.25) is 9.36 Å². The van der Waals surface area contributed by atoms with Crippen LogP contribution in [0.15, 0.2) is 93.9 Å². The van der Waals surface area contributed by atoms with Gasteiger partial charge in [0.1, 0.15) is 18.4 Å². The molecule has 0 spiro atoms. The van der Waals surface area contributed by atoms with E-state index in [2.05, 4.69) is 11.1 Å². The molecule has 40 heavy (non-hydrogen) atoms. The van der Waals surface area contributed by atoms with Crippen LogP contribution in [0.25, 0.3) is 6.08 Å². The molecule has 0 N–H and O–H groups in total. The number of halogens is 1. The maximum absolute atomic E-state index is 13.9. The molecule has 0 fully saturated rings. The second-order valence-electron chi connectivity index (χ2n) is 8.92. The largest absolute Gasteiger partial charge is 0.488 e. The van der Waals surface area contributed by atoms with E-state index in [1.165, 1.54) is 15.9 Å². The van der Waals surface area contributed by atoms with Crippen molar-refractivity contribution in [1.29, 1.82) is 5.26 Å². The first kappa shape index (κ1) is 27.1. The van der Waals surface area contributed by atoms with Crippen molar-refractivity contribution in [3.63, 3.8) is 0 Å². The van der Waals surface area contributed by atoms with Crippen molar-refractivity contribution < 1.29 is 14.3 Å². The average molecular weight is 570 g/mol. The van der Waals surface area contributed by atoms with Gasteiger partial charge in [-0.15, -0.1) is 0 Å². The predicted octanol–water partition coefficient (Wildman–Crippen LogP) is 4.90. The Morgan fingerprint density at radius 1 is 1.12 bits per heavy atom. The van der Waals surface area contributed by atoms with E-state index in [1.54, 1.807) is 50.3 Å². The monoisotopic (exact) mass is 569 g/mol. The summed E-state index contributed by atoms with van der Waals surface area (Å²) in [6.07, 6.45) is 1.75. The first-order valence-electron chi connectivity index (χ1n) is 12.6. The Kier molecular flexibility index (Phi) is 7.96. The van der Waals surface area contributed by atoms with Gasteiger partial charge in [-0.25, -0.2) is 9.79 Å². The lowest BCUT2D eigenvalue weighted by molar-refractivity contribution is -0.139. The molecule has 0 aliphatic carbocycles. The lowest BCUT2D eigenvalue weighted by atomic mass is 9.96. The van der Waals surface area contributed by atoms with Crippen molar-refractivity contribution in [1.82, 2.24) is 4.57 Å². The zero-order valence-electron chi connectivity index (χ0n) is 21.8. The number of ether oxygens (including phenoxy) is 2. The molecule has 1 aliphatic heterocycles. The van der Waals surface area contributed by atoms with Crippen molar-refractivity contribution in [2.24, 2.45) is 4.99 Å². The molecule has 5 rings (SSSR count). The number of nitrogens with zero attached hydrogens (tertiary/aromatic N) is 3. The van der Waals surface area contributed by atoms with Gasteiger partial charge < -0.3 is 9.47 Å². The molecule has 1 atom stereocenters. The third kappa shape index (κ3) is 5.22. The lowest BCUT2D eigenvalue weighted by Gasteiger charge is -2.25. The Balaban J connectivity index is 1.61. The van der Waals surface area contributed by atoms with Crippen molar-refractivity contribution in [3.05, 3.63) is 131 Å². The van der Waals surface area contributed by atoms with Crippen molar-refractivity contribution in [3.8, 4) is 11.8 Å². The van der Waals surface area contributed by atoms with E-state index in [1.807, 2.05) is 42.5 Å². The van der Waals surface area contributed by atoms with E-state index in [0.717, 1.165) is 5.56 Å². The first-order chi connectivity index (χ1) is 19.4. The number of carbonyl (C=O) groups is 1. The van der Waals surface area contributed by atoms with Gasteiger partial charge in [0, 0.05) is 16.1 Å². The predicted molar refractivity (Wildman–Crippen MR) is 154 cm³/mol. The summed E-state index contributed by atoms with van der Waals surface area (Å²) in [5.74, 6) is 0.0199. The molecule has 0 saturated heterocycles. The summed E-state index contributed by atoms with van der Waals surface area (Å²) < 4.78 is 13.3. The van der Waals surface area contributed by atoms with E-state index in [-0.39, 0.29) is 24.3 Å². The fraction of sp³-hybridized carbons (Fsp3) is 0.161. The number of carbonyl (C=O) groups excluding carboxylic acids is 1. The number of para-hydroxylation sites is 1. The highest BCUT2D eigenvalue weighted by Crippen LogP contribution is 2.34. The van der Waals surface area contributed by atoms with Crippen LogP contribution in [0, 0.1) is 11.3 Å². The number of hydrogen-bond acceptors (Lipinski definition) is 7. The van der Waals surface area contributed by atoms with Crippen LogP contribution in [0.5, 0.6) is 5.75 Å². The van der Waals surface area contributed by atoms with E-state index in [0.29, 0.717) is 42.5 Å². The molecular weight excluding hydrogens is 546 g/mol. The van der Waals surface area contributed by atoms with Gasteiger partial charge >= 0.3 is 5.97 Å². The van der Waals surface area contributed by atoms with Gasteiger partial charge in [-0.1, -0.05) is 77.5 Å². The maximum atomic E-state index is 13.9. The summed E-state index contributed by atoms with van der Waals surface area (Å²) in [4.78, 5) is 32.0. The number of benzene rings is 3. The molecule has 200 valence electrons. The summed E-state index contributed by atoms with van der Waals surface area (Å²) in [5, 5.41) is 9.83. The summed E-state index contributed by atoms with van der Waals surface area (Å²) in [6.45, 7) is 3.84. The van der Waals surface area contributed by atoms with Gasteiger partial charge in [-0.2, -0.15) is 5.26 Å². The van der Waals surface area contributed by atoms with Crippen molar-refractivity contribution in [2.45, 2.75) is 26.5 Å². The van der Waals surface area contributed by atoms with Gasteiger partial charge in [0.2, 0.25) is 0 Å². The second-order valence-corrected chi connectivity index (χ2v) is 10.3. The average Bonchev–Trinajstić information content (AvgIpc) is 3.26. The lowest BCUT2D eigenvalue weighted by Crippen LogP contribution is -2.40. The van der Waals surface area contributed by atoms with Crippen LogP contribution in [0.2, 0.25) is 5.02 Å². The molecular formula is C31H24ClN3O4S. The highest BCUT2D eigenvalue weighted by Gasteiger charge is 2.34. The van der Waals surface area contributed by atoms with Gasteiger partial charge in [-0.05, 0) is 43.7 Å². The number of thiazole rings is 1. The molecule has 0 radical (unpaired) electrons. The SMILES string of the molecule is CCOC(=O)C1=C(C)N=c2s/c(=C\c3ccccc3OCc3ccccc3C#N)c(=O)n2[C@H]1c1ccccc1Cl. The van der Waals surface area contributed by atoms with E-state index < -0.39 is 12.0 Å². The zero-order valence-corrected chi connectivity index (χ0v) is 23.3. The fourth-order valence-electron chi connectivity index (χ4n) is 4.57. The molecule has 7 nitrogen and oxygen atoms in total. The standard InChI is InChI=1S/C31H24ClN3O4S/c1-3-38-30(37)27-19(2)34-31-35(28(27)23-13-7-8-14-24(23)32)29(36)26(40-31)16-20-10-6-9-15-25(20)39-18-22-12-5-4-11-21(22)17-33/h4-16,28H,3,18H2,1-2H3/b26-16-/t28-/m0/s1. The van der Waals surface area contributed by atoms with Crippen LogP contribution in [0.4, 0.5) is 0 Å². The third-order valence-corrected chi connectivity index (χ3v) is 7.77. The van der Waals surface area contributed by atoms with Crippen LogP contribution in [-0.4, -0.2) is 17.1 Å². The third-order valence-electron chi connectivity index (χ3n) is 6.44. The van der Waals surface area contributed by atoms with Gasteiger partial charge in [0.25, 0.3) is 5.56 Å². The molecule has 4 aromatic rings. The molecule has 0 bridgehead atoms. The minimum atomic E-state index is -0.792. The number of esters is 1. The molecule has 3 aromatic carbocycles. The van der Waals surface area contributed by atoms with Crippen LogP contribution >= 0.6 is 22.9 Å². The van der Waals surface area contributed by atoms with E-state index >= 15 is 0 Å². The number of aromatic nitrogens is 1. The maximum Gasteiger partial charge on any atom is 0.338 e. The van der Waals surface area contributed by atoms with E-state index in [9.17, 15) is 14.9 Å². The summed E-state index contributed by atoms with van der Waals surface area (Å²) >= 11 is 7.80. The minimum Gasteiger partial charge on any atom is -0.488 e. The smallest absolute Gasteiger partial charge is 0.338 e. The topological polar surface area (TPSA) is 93.7 Å². The van der Waals surface area contributed by atoms with Crippen LogP contribution in [-0.2, 0) is 16.1 Å². The Morgan fingerprint density at radius 3 is 2.62 bits per heavy atom. The summed E-state index contributed by atoms with van der Waals surface area (Å²) in [6, 6.07) is 23.1. The summed E-state index contributed by atoms with van der Waals surface area (Å²) in [5.41, 5.74) is 3.03. The Labute approximate surface area is 239 Å². The van der Waals surface area contributed by atoms with Crippen LogP contribution in [0.1, 0.15) is 42.1 Å². The highest BCUT2D eigenvalue weighted by molar-refractivity contribution is 7.07. The zero-order chi connectivity index (χ0) is 28.2. The molecule has 9 heteroatoms. The molecule has 0 amide bonds. The number of rotatable bonds is 7. The van der Waals surface area contributed by atoms with Gasteiger partial charge in [0.05, 0.1) is 34.0 Å². The Morgan fingerprint density at radius 2 is 1.85 bits per heavy atom. The Bertz CT molecular complexity index is 1870. The number of hydrogen-bond donors (Lipinski definition) is 0. The summed E-state index contributed by atoms with van der Waals surface area (Å²) in [7, 11) is 0. The minimum absolute atomic E-state index is 0.185. The molecule has 0 unspecified atom stereocenters. The number of allylic oxidation sites excluding steroid dienone is 1. The molecule has 2 heterocycles. The van der Waals surface area contributed by atoms with Crippen LogP contribution < -0.4 is 19.6 Å². The number of fused-ring (bicyclic) bond motifs is 1. The fourth-order valence-corrected chi connectivity index (χ4v) is 5.84. The van der Waals surface area contributed by atoms with E-state index in [4.69, 9.17) is 21.1 Å². The normalized spacial score (nSPS) is 14.8. The van der Waals surface area contributed by atoms with Crippen molar-refractivity contribution >= 4 is 35.0 Å². The number of nitriles is 1. The molecule has 1 aliphatic rings. The van der Waals surface area contributed by atoms with Crippen LogP contribution in [0.3, 0.4) is 0 Å². The quantitative estimate of drug-likeness (QED) is 0.295. The molecule has 0 saturated carbocycles. The second kappa shape index (κ2) is 11.7. The first-order valence-corrected chi connectivity index (χ1v) is 13.8. The van der Waals surface area contributed by atoms with Gasteiger partial charge in [0.15, 0.2) is 4.80 Å².